The molecule has 0 heterocycles. The lowest BCUT2D eigenvalue weighted by atomic mass is 10.1. The summed E-state index contributed by atoms with van der Waals surface area (Å²) in [5.41, 5.74) is 0.554. The van der Waals surface area contributed by atoms with Gasteiger partial charge in [0.15, 0.2) is 5.75 Å². The highest BCUT2D eigenvalue weighted by atomic mass is 35.5. The molecule has 0 spiro atoms. The Morgan fingerprint density at radius 1 is 1.00 bits per heavy atom. The van der Waals surface area contributed by atoms with Gasteiger partial charge in [0, 0.05) is 12.6 Å². The van der Waals surface area contributed by atoms with E-state index in [1.54, 1.807) is 18.2 Å². The number of halogens is 3. The summed E-state index contributed by atoms with van der Waals surface area (Å²) < 4.78 is 36.1. The van der Waals surface area contributed by atoms with Crippen LogP contribution in [-0.4, -0.2) is 27.3 Å². The van der Waals surface area contributed by atoms with Crippen molar-refractivity contribution in [3.05, 3.63) is 80.8 Å². The zero-order valence-corrected chi connectivity index (χ0v) is 22.8. The summed E-state index contributed by atoms with van der Waals surface area (Å²) in [5, 5.41) is 14.7. The van der Waals surface area contributed by atoms with Gasteiger partial charge in [0.2, 0.25) is 11.7 Å². The number of rotatable bonds is 8. The second-order valence-corrected chi connectivity index (χ2v) is 10.2. The lowest BCUT2D eigenvalue weighted by Gasteiger charge is -2.14. The summed E-state index contributed by atoms with van der Waals surface area (Å²) in [6.07, 6.45) is 1.22. The molecule has 196 valence electrons. The Morgan fingerprint density at radius 3 is 2.29 bits per heavy atom. The fourth-order valence-electron chi connectivity index (χ4n) is 3.08. The summed E-state index contributed by atoms with van der Waals surface area (Å²) in [6.45, 7) is 1.32. The Labute approximate surface area is 233 Å². The van der Waals surface area contributed by atoms with Gasteiger partial charge in [-0.25, -0.2) is 0 Å². The Hall–Kier alpha value is -3.75. The first kappa shape index (κ1) is 28.8. The highest BCUT2D eigenvalue weighted by Crippen LogP contribution is 2.39. The van der Waals surface area contributed by atoms with Gasteiger partial charge in [-0.1, -0.05) is 40.9 Å². The van der Waals surface area contributed by atoms with E-state index >= 15 is 0 Å². The second kappa shape index (κ2) is 12.2. The third-order valence-electron chi connectivity index (χ3n) is 4.78. The van der Waals surface area contributed by atoms with E-state index in [1.807, 2.05) is 0 Å². The number of ether oxygens (including phenoxy) is 1. The Morgan fingerprint density at radius 2 is 1.68 bits per heavy atom. The van der Waals surface area contributed by atoms with E-state index in [0.29, 0.717) is 5.69 Å². The number of nitriles is 1. The number of anilines is 2. The van der Waals surface area contributed by atoms with Crippen molar-refractivity contribution in [2.75, 3.05) is 17.7 Å². The SMILES string of the molecule is COc1cc(/C=C(\C#N)C(=O)Nc2cccc(Cl)c2Cl)cc(Cl)c1OS(=O)(=O)c1ccc(NC(C)=O)cc1. The molecule has 3 aromatic carbocycles. The predicted molar refractivity (Wildman–Crippen MR) is 145 cm³/mol. The first-order valence-corrected chi connectivity index (χ1v) is 13.1. The quantitative estimate of drug-likeness (QED) is 0.188. The lowest BCUT2D eigenvalue weighted by molar-refractivity contribution is -0.114. The lowest BCUT2D eigenvalue weighted by Crippen LogP contribution is -2.14. The van der Waals surface area contributed by atoms with Gasteiger partial charge in [0.25, 0.3) is 5.91 Å². The van der Waals surface area contributed by atoms with Crippen LogP contribution in [0.25, 0.3) is 6.08 Å². The largest absolute Gasteiger partial charge is 0.493 e. The monoisotopic (exact) mass is 593 g/mol. The molecule has 9 nitrogen and oxygen atoms in total. The van der Waals surface area contributed by atoms with Crippen LogP contribution < -0.4 is 19.6 Å². The minimum absolute atomic E-state index is 0.0715. The molecule has 0 radical (unpaired) electrons. The van der Waals surface area contributed by atoms with Crippen molar-refractivity contribution in [1.29, 1.82) is 5.26 Å². The van der Waals surface area contributed by atoms with E-state index < -0.39 is 16.0 Å². The molecule has 0 fully saturated rings. The van der Waals surface area contributed by atoms with Crippen molar-refractivity contribution in [1.82, 2.24) is 0 Å². The number of methoxy groups -OCH3 is 1. The van der Waals surface area contributed by atoms with Crippen LogP contribution in [0.15, 0.2) is 65.1 Å². The van der Waals surface area contributed by atoms with Gasteiger partial charge in [0.1, 0.15) is 16.5 Å². The van der Waals surface area contributed by atoms with Crippen LogP contribution in [-0.2, 0) is 19.7 Å². The van der Waals surface area contributed by atoms with Gasteiger partial charge in [-0.2, -0.15) is 13.7 Å². The van der Waals surface area contributed by atoms with Crippen molar-refractivity contribution in [3.63, 3.8) is 0 Å². The molecule has 0 atom stereocenters. The molecule has 0 aromatic heterocycles. The third-order valence-corrected chi connectivity index (χ3v) is 7.12. The number of carbonyl (C=O) groups is 2. The zero-order valence-electron chi connectivity index (χ0n) is 19.7. The molecule has 3 rings (SSSR count). The van der Waals surface area contributed by atoms with Crippen LogP contribution in [0.5, 0.6) is 11.5 Å². The van der Waals surface area contributed by atoms with E-state index in [-0.39, 0.29) is 54.2 Å². The molecular weight excluding hydrogens is 577 g/mol. The number of nitrogens with zero attached hydrogens (tertiary/aromatic N) is 1. The van der Waals surface area contributed by atoms with Crippen LogP contribution in [0, 0.1) is 11.3 Å². The van der Waals surface area contributed by atoms with Gasteiger partial charge in [-0.05, 0) is 60.2 Å². The van der Waals surface area contributed by atoms with Crippen LogP contribution in [0.3, 0.4) is 0 Å². The molecule has 38 heavy (non-hydrogen) atoms. The maximum atomic E-state index is 12.8. The average Bonchev–Trinajstić information content (AvgIpc) is 2.86. The molecule has 3 aromatic rings. The summed E-state index contributed by atoms with van der Waals surface area (Å²) in [6, 6.07) is 14.4. The number of nitrogens with one attached hydrogen (secondary N) is 2. The normalized spacial score (nSPS) is 11.3. The van der Waals surface area contributed by atoms with Gasteiger partial charge < -0.3 is 19.6 Å². The van der Waals surface area contributed by atoms with Crippen LogP contribution in [0.2, 0.25) is 15.1 Å². The average molecular weight is 595 g/mol. The molecule has 0 bridgehead atoms. The Balaban J connectivity index is 1.89. The number of hydrogen-bond acceptors (Lipinski definition) is 7. The fraction of sp³-hybridized carbons (Fsp3) is 0.0800. The summed E-state index contributed by atoms with van der Waals surface area (Å²) in [4.78, 5) is 23.6. The molecule has 13 heteroatoms. The van der Waals surface area contributed by atoms with Crippen LogP contribution >= 0.6 is 34.8 Å². The Kier molecular flexibility index (Phi) is 9.25. The zero-order chi connectivity index (χ0) is 28.0. The van der Waals surface area contributed by atoms with E-state index in [4.69, 9.17) is 43.7 Å². The number of hydrogen-bond donors (Lipinski definition) is 2. The molecular formula is C25H18Cl3N3O6S. The molecule has 0 aliphatic rings. The maximum absolute atomic E-state index is 12.8. The number of benzene rings is 3. The van der Waals surface area contributed by atoms with Crippen molar-refractivity contribution in [2.45, 2.75) is 11.8 Å². The topological polar surface area (TPSA) is 135 Å². The first-order valence-electron chi connectivity index (χ1n) is 10.5. The van der Waals surface area contributed by atoms with Gasteiger partial charge in [-0.15, -0.1) is 0 Å². The standard InChI is InChI=1S/C25H18Cl3N3O6S/c1-14(32)30-17-6-8-18(9-7-17)38(34,35)37-24-20(27)11-15(12-22(24)36-2)10-16(13-29)25(33)31-21-5-3-4-19(26)23(21)28/h3-12H,1-2H3,(H,30,32)(H,31,33)/b16-10+. The third kappa shape index (κ3) is 6.96. The van der Waals surface area contributed by atoms with Gasteiger partial charge >= 0.3 is 10.1 Å². The van der Waals surface area contributed by atoms with Crippen LogP contribution in [0.1, 0.15) is 12.5 Å². The van der Waals surface area contributed by atoms with Gasteiger partial charge in [-0.3, -0.25) is 9.59 Å². The minimum Gasteiger partial charge on any atom is -0.493 e. The molecule has 2 amide bonds. The minimum atomic E-state index is -4.34. The van der Waals surface area contributed by atoms with Crippen molar-refractivity contribution < 1.29 is 26.9 Å². The van der Waals surface area contributed by atoms with Crippen molar-refractivity contribution in [3.8, 4) is 17.6 Å². The van der Waals surface area contributed by atoms with E-state index in [0.717, 1.165) is 0 Å². The predicted octanol–water partition coefficient (Wildman–Crippen LogP) is 5.93. The number of amides is 2. The summed E-state index contributed by atoms with van der Waals surface area (Å²) in [5.74, 6) is -1.45. The summed E-state index contributed by atoms with van der Waals surface area (Å²) in [7, 11) is -3.08. The highest BCUT2D eigenvalue weighted by molar-refractivity contribution is 7.87. The number of carbonyl (C=O) groups excluding carboxylic acids is 2. The van der Waals surface area contributed by atoms with Gasteiger partial charge in [0.05, 0.1) is 27.9 Å². The van der Waals surface area contributed by atoms with E-state index in [2.05, 4.69) is 10.6 Å². The molecule has 2 N–H and O–H groups in total. The van der Waals surface area contributed by atoms with Crippen LogP contribution in [0.4, 0.5) is 11.4 Å². The van der Waals surface area contributed by atoms with Crippen molar-refractivity contribution in [2.24, 2.45) is 0 Å². The maximum Gasteiger partial charge on any atom is 0.339 e. The first-order chi connectivity index (χ1) is 17.9. The molecule has 0 saturated heterocycles. The van der Waals surface area contributed by atoms with E-state index in [1.165, 1.54) is 62.6 Å². The molecule has 0 unspecified atom stereocenters. The smallest absolute Gasteiger partial charge is 0.339 e. The van der Waals surface area contributed by atoms with E-state index in [9.17, 15) is 23.3 Å². The highest BCUT2D eigenvalue weighted by Gasteiger charge is 2.23. The molecule has 0 aliphatic heterocycles. The molecule has 0 saturated carbocycles. The Bertz CT molecular complexity index is 1580. The fourth-order valence-corrected chi connectivity index (χ4v) is 4.68. The summed E-state index contributed by atoms with van der Waals surface area (Å²) >= 11 is 18.3. The van der Waals surface area contributed by atoms with Crippen molar-refractivity contribution >= 4 is 74.2 Å². The molecule has 0 aliphatic carbocycles. The second-order valence-electron chi connectivity index (χ2n) is 7.50.